The van der Waals surface area contributed by atoms with Crippen molar-refractivity contribution in [3.05, 3.63) is 28.8 Å². The average Bonchev–Trinajstić information content (AvgIpc) is 3.10. The molecule has 2 heterocycles. The van der Waals surface area contributed by atoms with Gasteiger partial charge in [-0.15, -0.1) is 0 Å². The highest BCUT2D eigenvalue weighted by atomic mass is 35.5. The highest BCUT2D eigenvalue weighted by molar-refractivity contribution is 6.31. The lowest BCUT2D eigenvalue weighted by Gasteiger charge is -2.63. The Morgan fingerprint density at radius 3 is 2.29 bits per heavy atom. The zero-order valence-electron chi connectivity index (χ0n) is 20.8. The van der Waals surface area contributed by atoms with Crippen LogP contribution in [0.15, 0.2) is 18.2 Å². The van der Waals surface area contributed by atoms with Gasteiger partial charge in [0.1, 0.15) is 24.2 Å². The summed E-state index contributed by atoms with van der Waals surface area (Å²) in [5.41, 5.74) is -0.0908. The van der Waals surface area contributed by atoms with Gasteiger partial charge in [-0.05, 0) is 25.0 Å². The molecule has 3 N–H and O–H groups in total. The number of rotatable bonds is 5. The molecule has 186 valence electrons. The topological polar surface area (TPSA) is 89.4 Å². The summed E-state index contributed by atoms with van der Waals surface area (Å²) in [6.45, 7) is 12.1. The smallest absolute Gasteiger partial charge is 0.225 e. The van der Waals surface area contributed by atoms with Gasteiger partial charge in [0.05, 0.1) is 16.5 Å². The normalized spacial score (nSPS) is 30.9. The summed E-state index contributed by atoms with van der Waals surface area (Å²) in [6, 6.07) is 7.20. The van der Waals surface area contributed by atoms with E-state index in [1.165, 1.54) is 25.7 Å². The van der Waals surface area contributed by atoms with Gasteiger partial charge >= 0.3 is 0 Å². The third-order valence-corrected chi connectivity index (χ3v) is 8.25. The van der Waals surface area contributed by atoms with Crippen LogP contribution in [0.4, 0.5) is 0 Å². The summed E-state index contributed by atoms with van der Waals surface area (Å²) >= 11 is 6.19. The molecule has 0 radical (unpaired) electrons. The summed E-state index contributed by atoms with van der Waals surface area (Å²) in [5.74, 6) is 0.618. The van der Waals surface area contributed by atoms with Gasteiger partial charge in [-0.2, -0.15) is 5.26 Å². The van der Waals surface area contributed by atoms with Gasteiger partial charge in [0.25, 0.3) is 0 Å². The molecule has 0 unspecified atom stereocenters. The first kappa shape index (κ1) is 25.2. The van der Waals surface area contributed by atoms with Crippen LogP contribution in [0.5, 0.6) is 5.75 Å². The van der Waals surface area contributed by atoms with Crippen LogP contribution in [0.3, 0.4) is 0 Å². The van der Waals surface area contributed by atoms with Crippen molar-refractivity contribution in [2.45, 2.75) is 71.8 Å². The van der Waals surface area contributed by atoms with Crippen LogP contribution < -0.4 is 20.7 Å². The second-order valence-electron chi connectivity index (χ2n) is 11.2. The summed E-state index contributed by atoms with van der Waals surface area (Å²) in [4.78, 5) is 15.7. The molecule has 34 heavy (non-hydrogen) atoms. The average molecular weight is 488 g/mol. The maximum atomic E-state index is 13.2. The largest absolute Gasteiger partial charge is 0.489 e. The number of nitrogens with one attached hydrogen (secondary N) is 3. The van der Waals surface area contributed by atoms with E-state index in [2.05, 4.69) is 54.6 Å². The fraction of sp³-hybridized carbons (Fsp3) is 0.692. The number of benzene rings is 1. The van der Waals surface area contributed by atoms with Gasteiger partial charge in [-0.25, -0.2) is 0 Å². The van der Waals surface area contributed by atoms with Crippen LogP contribution in [0, 0.1) is 28.1 Å². The van der Waals surface area contributed by atoms with Crippen LogP contribution in [0.1, 0.15) is 58.9 Å². The van der Waals surface area contributed by atoms with Crippen molar-refractivity contribution in [3.8, 4) is 11.8 Å². The summed E-state index contributed by atoms with van der Waals surface area (Å²) in [5, 5.41) is 19.9. The van der Waals surface area contributed by atoms with E-state index in [9.17, 15) is 4.79 Å². The molecule has 0 aromatic heterocycles. The second kappa shape index (κ2) is 10.0. The number of ether oxygens (including phenoxy) is 1. The Balaban J connectivity index is 1.33. The van der Waals surface area contributed by atoms with Crippen molar-refractivity contribution >= 4 is 17.5 Å². The summed E-state index contributed by atoms with van der Waals surface area (Å²) in [6.07, 6.45) is 5.16. The maximum Gasteiger partial charge on any atom is 0.225 e. The zero-order chi connectivity index (χ0) is 24.5. The maximum absolute atomic E-state index is 13.2. The number of nitrogens with zero attached hydrogens (tertiary/aromatic N) is 2. The molecule has 7 nitrogen and oxygen atoms in total. The third kappa shape index (κ3) is 4.92. The van der Waals surface area contributed by atoms with Crippen LogP contribution >= 0.6 is 11.6 Å². The fourth-order valence-electron chi connectivity index (χ4n) is 6.30. The van der Waals surface area contributed by atoms with E-state index in [-0.39, 0.29) is 41.1 Å². The van der Waals surface area contributed by atoms with E-state index >= 15 is 0 Å². The molecule has 0 bridgehead atoms. The molecule has 0 atom stereocenters. The highest BCUT2D eigenvalue weighted by Crippen LogP contribution is 2.55. The van der Waals surface area contributed by atoms with Gasteiger partial charge in [0.2, 0.25) is 5.91 Å². The number of nitriles is 1. The van der Waals surface area contributed by atoms with Gasteiger partial charge < -0.3 is 10.1 Å². The standard InChI is InChI=1S/C26H38ClN5O2/c1-25(2)22(26(3,4)23(25)34-19-10-9-17(14-28)20(27)13-19)31-21(33)18-15-29-24(30-16-18)32-11-7-5-6-8-12-32/h9-10,13,18,22-24,29-30H,5-8,11-12,15-16H2,1-4H3,(H,31,33). The van der Waals surface area contributed by atoms with Crippen molar-refractivity contribution in [1.29, 1.82) is 5.26 Å². The molecule has 2 aliphatic heterocycles. The lowest BCUT2D eigenvalue weighted by atomic mass is 9.49. The predicted octanol–water partition coefficient (Wildman–Crippen LogP) is 3.48. The summed E-state index contributed by atoms with van der Waals surface area (Å²) in [7, 11) is 0. The molecule has 4 rings (SSSR count). The molecule has 0 spiro atoms. The molecule has 2 saturated heterocycles. The van der Waals surface area contributed by atoms with E-state index in [1.54, 1.807) is 18.2 Å². The molecule has 3 fully saturated rings. The van der Waals surface area contributed by atoms with E-state index in [1.807, 2.05) is 0 Å². The lowest BCUT2D eigenvalue weighted by Crippen LogP contribution is -2.75. The third-order valence-electron chi connectivity index (χ3n) is 7.93. The number of carbonyl (C=O) groups is 1. The van der Waals surface area contributed by atoms with Crippen molar-refractivity contribution < 1.29 is 9.53 Å². The molecule has 8 heteroatoms. The lowest BCUT2D eigenvalue weighted by molar-refractivity contribution is -0.174. The minimum Gasteiger partial charge on any atom is -0.489 e. The Bertz CT molecular complexity index is 912. The summed E-state index contributed by atoms with van der Waals surface area (Å²) < 4.78 is 6.33. The van der Waals surface area contributed by atoms with Gasteiger partial charge in [0.15, 0.2) is 0 Å². The number of hydrogen-bond donors (Lipinski definition) is 3. The molecule has 1 saturated carbocycles. The fourth-order valence-corrected chi connectivity index (χ4v) is 6.52. The number of likely N-dealkylation sites (tertiary alicyclic amines) is 1. The number of amides is 1. The minimum absolute atomic E-state index is 0.0188. The predicted molar refractivity (Wildman–Crippen MR) is 133 cm³/mol. The number of carbonyl (C=O) groups excluding carboxylic acids is 1. The second-order valence-corrected chi connectivity index (χ2v) is 11.6. The Labute approximate surface area is 208 Å². The SMILES string of the molecule is CC1(C)C(NC(=O)C2CNC(N3CCCCCC3)NC2)C(C)(C)C1Oc1ccc(C#N)c(Cl)c1. The van der Waals surface area contributed by atoms with Crippen LogP contribution in [0.25, 0.3) is 0 Å². The molecule has 1 aromatic carbocycles. The van der Waals surface area contributed by atoms with Crippen molar-refractivity contribution in [1.82, 2.24) is 20.9 Å². The Kier molecular flexibility index (Phi) is 7.44. The van der Waals surface area contributed by atoms with Crippen molar-refractivity contribution in [2.24, 2.45) is 16.7 Å². The van der Waals surface area contributed by atoms with Crippen LogP contribution in [-0.2, 0) is 4.79 Å². The van der Waals surface area contributed by atoms with Gasteiger partial charge in [0, 0.05) is 49.1 Å². The Hall–Kier alpha value is -1.85. The first-order valence-electron chi connectivity index (χ1n) is 12.5. The number of halogens is 1. The Morgan fingerprint density at radius 2 is 1.74 bits per heavy atom. The molecule has 1 aliphatic carbocycles. The van der Waals surface area contributed by atoms with Crippen molar-refractivity contribution in [2.75, 3.05) is 26.2 Å². The van der Waals surface area contributed by atoms with Gasteiger partial charge in [-0.3, -0.25) is 20.3 Å². The van der Waals surface area contributed by atoms with E-state index < -0.39 is 0 Å². The highest BCUT2D eigenvalue weighted by Gasteiger charge is 2.64. The van der Waals surface area contributed by atoms with E-state index in [0.717, 1.165) is 13.1 Å². The first-order chi connectivity index (χ1) is 16.1. The van der Waals surface area contributed by atoms with Crippen molar-refractivity contribution in [3.63, 3.8) is 0 Å². The molecule has 1 aromatic rings. The molecular formula is C26H38ClN5O2. The van der Waals surface area contributed by atoms with Crippen LogP contribution in [0.2, 0.25) is 5.02 Å². The van der Waals surface area contributed by atoms with E-state index in [4.69, 9.17) is 21.6 Å². The Morgan fingerprint density at radius 1 is 1.12 bits per heavy atom. The number of hydrogen-bond acceptors (Lipinski definition) is 6. The monoisotopic (exact) mass is 487 g/mol. The molecule has 1 amide bonds. The molecule has 3 aliphatic rings. The quantitative estimate of drug-likeness (QED) is 0.589. The van der Waals surface area contributed by atoms with E-state index in [0.29, 0.717) is 29.4 Å². The minimum atomic E-state index is -0.260. The zero-order valence-corrected chi connectivity index (χ0v) is 21.5. The van der Waals surface area contributed by atoms with Crippen LogP contribution in [-0.4, -0.2) is 55.4 Å². The van der Waals surface area contributed by atoms with Gasteiger partial charge in [-0.1, -0.05) is 52.1 Å². The first-order valence-corrected chi connectivity index (χ1v) is 12.9. The molecular weight excluding hydrogens is 450 g/mol.